The number of carbonyl (C=O) groups is 2. The summed E-state index contributed by atoms with van der Waals surface area (Å²) in [5, 5.41) is 5.55. The second-order valence-corrected chi connectivity index (χ2v) is 6.78. The van der Waals surface area contributed by atoms with Crippen LogP contribution in [0.3, 0.4) is 0 Å². The molecule has 0 aromatic heterocycles. The first kappa shape index (κ1) is 18.3. The van der Waals surface area contributed by atoms with E-state index in [-0.39, 0.29) is 18.0 Å². The van der Waals surface area contributed by atoms with E-state index in [9.17, 15) is 9.59 Å². The third-order valence-corrected chi connectivity index (χ3v) is 4.24. The number of esters is 1. The molecule has 2 amide bonds. The zero-order valence-corrected chi connectivity index (χ0v) is 14.6. The maximum Gasteiger partial charge on any atom is 0.338 e. The zero-order chi connectivity index (χ0) is 17.4. The van der Waals surface area contributed by atoms with Crippen molar-refractivity contribution in [2.75, 3.05) is 6.61 Å². The lowest BCUT2D eigenvalue weighted by Gasteiger charge is -2.21. The monoisotopic (exact) mass is 332 g/mol. The summed E-state index contributed by atoms with van der Waals surface area (Å²) in [7, 11) is 0. The summed E-state index contributed by atoms with van der Waals surface area (Å²) in [6, 6.07) is 7.09. The molecule has 2 N–H and O–H groups in total. The Morgan fingerprint density at radius 1 is 1.12 bits per heavy atom. The first-order valence-electron chi connectivity index (χ1n) is 8.85. The van der Waals surface area contributed by atoms with E-state index >= 15 is 0 Å². The summed E-state index contributed by atoms with van der Waals surface area (Å²) < 4.78 is 5.43. The molecule has 1 saturated carbocycles. The van der Waals surface area contributed by atoms with Crippen LogP contribution in [0.1, 0.15) is 61.9 Å². The molecule has 0 heterocycles. The third kappa shape index (κ3) is 6.22. The number of carbonyl (C=O) groups excluding carboxylic acids is 2. The van der Waals surface area contributed by atoms with E-state index in [1.165, 1.54) is 19.3 Å². The summed E-state index contributed by atoms with van der Waals surface area (Å²) >= 11 is 0. The Kier molecular flexibility index (Phi) is 7.09. The molecule has 1 aromatic carbocycles. The van der Waals surface area contributed by atoms with Crippen molar-refractivity contribution in [1.29, 1.82) is 0 Å². The lowest BCUT2D eigenvalue weighted by atomic mass is 9.90. The quantitative estimate of drug-likeness (QED) is 0.782. The summed E-state index contributed by atoms with van der Waals surface area (Å²) in [4.78, 5) is 23.6. The van der Waals surface area contributed by atoms with Crippen molar-refractivity contribution >= 4 is 12.0 Å². The molecule has 0 bridgehead atoms. The molecule has 1 aromatic rings. The zero-order valence-electron chi connectivity index (χ0n) is 14.6. The van der Waals surface area contributed by atoms with Crippen LogP contribution in [-0.2, 0) is 11.3 Å². The number of urea groups is 1. The van der Waals surface area contributed by atoms with Gasteiger partial charge in [-0.3, -0.25) is 0 Å². The summed E-state index contributed by atoms with van der Waals surface area (Å²) in [5.74, 6) is 0.253. The average Bonchev–Trinajstić information content (AvgIpc) is 2.58. The highest BCUT2D eigenvalue weighted by molar-refractivity contribution is 5.89. The molecule has 5 nitrogen and oxygen atoms in total. The predicted molar refractivity (Wildman–Crippen MR) is 93.8 cm³/mol. The third-order valence-electron chi connectivity index (χ3n) is 4.24. The van der Waals surface area contributed by atoms with Gasteiger partial charge >= 0.3 is 12.0 Å². The van der Waals surface area contributed by atoms with Gasteiger partial charge in [0.15, 0.2) is 0 Å². The van der Waals surface area contributed by atoms with E-state index in [4.69, 9.17) is 4.74 Å². The van der Waals surface area contributed by atoms with Gasteiger partial charge < -0.3 is 15.4 Å². The van der Waals surface area contributed by atoms with Crippen molar-refractivity contribution in [3.05, 3.63) is 35.4 Å². The van der Waals surface area contributed by atoms with Crippen molar-refractivity contribution < 1.29 is 14.3 Å². The molecule has 0 atom stereocenters. The number of rotatable bonds is 6. The molecule has 0 radical (unpaired) electrons. The molecule has 0 saturated heterocycles. The highest BCUT2D eigenvalue weighted by Gasteiger charge is 2.16. The minimum atomic E-state index is -0.266. The molecule has 1 aliphatic rings. The standard InChI is InChI=1S/C19H28N2O3/c1-14(2)21-19(23)20-12-15-8-10-17(11-9-15)18(22)24-13-16-6-4-3-5-7-16/h8-11,14,16H,3-7,12-13H2,1-2H3,(H2,20,21,23). The molecular weight excluding hydrogens is 304 g/mol. The number of benzene rings is 1. The molecular formula is C19H28N2O3. The first-order chi connectivity index (χ1) is 11.5. The molecule has 1 fully saturated rings. The highest BCUT2D eigenvalue weighted by Crippen LogP contribution is 2.24. The molecule has 0 aliphatic heterocycles. The van der Waals surface area contributed by atoms with Crippen molar-refractivity contribution in [2.24, 2.45) is 5.92 Å². The van der Waals surface area contributed by atoms with Gasteiger partial charge in [0.05, 0.1) is 12.2 Å². The predicted octanol–water partition coefficient (Wildman–Crippen LogP) is 3.63. The van der Waals surface area contributed by atoms with E-state index in [1.54, 1.807) is 12.1 Å². The Balaban J connectivity index is 1.76. The minimum Gasteiger partial charge on any atom is -0.462 e. The van der Waals surface area contributed by atoms with Crippen molar-refractivity contribution in [1.82, 2.24) is 10.6 Å². The van der Waals surface area contributed by atoms with Crippen LogP contribution in [0.25, 0.3) is 0 Å². The van der Waals surface area contributed by atoms with E-state index < -0.39 is 0 Å². The molecule has 24 heavy (non-hydrogen) atoms. The second-order valence-electron chi connectivity index (χ2n) is 6.78. The van der Waals surface area contributed by atoms with Gasteiger partial charge in [-0.25, -0.2) is 9.59 Å². The van der Waals surface area contributed by atoms with Gasteiger partial charge in [-0.2, -0.15) is 0 Å². The molecule has 0 unspecified atom stereocenters. The van der Waals surface area contributed by atoms with Crippen molar-refractivity contribution in [3.8, 4) is 0 Å². The number of hydrogen-bond donors (Lipinski definition) is 2. The average molecular weight is 332 g/mol. The van der Waals surface area contributed by atoms with E-state index in [0.29, 0.717) is 24.6 Å². The van der Waals surface area contributed by atoms with Crippen LogP contribution < -0.4 is 10.6 Å². The SMILES string of the molecule is CC(C)NC(=O)NCc1ccc(C(=O)OCC2CCCCC2)cc1. The molecule has 1 aliphatic carbocycles. The van der Waals surface area contributed by atoms with Gasteiger partial charge in [-0.05, 0) is 50.3 Å². The molecule has 5 heteroatoms. The van der Waals surface area contributed by atoms with Crippen LogP contribution in [-0.4, -0.2) is 24.6 Å². The topological polar surface area (TPSA) is 67.4 Å². The van der Waals surface area contributed by atoms with Crippen molar-refractivity contribution in [2.45, 2.75) is 58.5 Å². The highest BCUT2D eigenvalue weighted by atomic mass is 16.5. The Hall–Kier alpha value is -2.04. The summed E-state index contributed by atoms with van der Waals surface area (Å²) in [6.07, 6.45) is 6.12. The maximum absolute atomic E-state index is 12.1. The van der Waals surface area contributed by atoms with Crippen LogP contribution in [0.4, 0.5) is 4.79 Å². The first-order valence-corrected chi connectivity index (χ1v) is 8.85. The van der Waals surface area contributed by atoms with E-state index in [0.717, 1.165) is 18.4 Å². The second kappa shape index (κ2) is 9.30. The summed E-state index contributed by atoms with van der Waals surface area (Å²) in [5.41, 5.74) is 1.50. The van der Waals surface area contributed by atoms with Gasteiger partial charge in [0.1, 0.15) is 0 Å². The van der Waals surface area contributed by atoms with Gasteiger partial charge in [-0.1, -0.05) is 31.4 Å². The number of nitrogens with one attached hydrogen (secondary N) is 2. The minimum absolute atomic E-state index is 0.103. The lowest BCUT2D eigenvalue weighted by Crippen LogP contribution is -2.39. The largest absolute Gasteiger partial charge is 0.462 e. The Morgan fingerprint density at radius 3 is 2.42 bits per heavy atom. The molecule has 2 rings (SSSR count). The fourth-order valence-corrected chi connectivity index (χ4v) is 2.88. The number of ether oxygens (including phenoxy) is 1. The molecule has 132 valence electrons. The van der Waals surface area contributed by atoms with Gasteiger partial charge in [0.2, 0.25) is 0 Å². The molecule has 0 spiro atoms. The smallest absolute Gasteiger partial charge is 0.338 e. The Bertz CT molecular complexity index is 534. The Morgan fingerprint density at radius 2 is 1.79 bits per heavy atom. The fraction of sp³-hybridized carbons (Fsp3) is 0.579. The van der Waals surface area contributed by atoms with Crippen molar-refractivity contribution in [3.63, 3.8) is 0 Å². The van der Waals surface area contributed by atoms with Crippen LogP contribution in [0, 0.1) is 5.92 Å². The normalized spacial score (nSPS) is 15.1. The maximum atomic E-state index is 12.1. The van der Waals surface area contributed by atoms with Gasteiger partial charge in [0, 0.05) is 12.6 Å². The number of hydrogen-bond acceptors (Lipinski definition) is 3. The van der Waals surface area contributed by atoms with E-state index in [2.05, 4.69) is 10.6 Å². The number of amides is 2. The van der Waals surface area contributed by atoms with Crippen LogP contribution >= 0.6 is 0 Å². The van der Waals surface area contributed by atoms with E-state index in [1.807, 2.05) is 26.0 Å². The summed E-state index contributed by atoms with van der Waals surface area (Å²) in [6.45, 7) is 4.77. The fourth-order valence-electron chi connectivity index (χ4n) is 2.88. The van der Waals surface area contributed by atoms with Gasteiger partial charge in [-0.15, -0.1) is 0 Å². The Labute approximate surface area is 144 Å². The van der Waals surface area contributed by atoms with Crippen LogP contribution in [0.5, 0.6) is 0 Å². The van der Waals surface area contributed by atoms with Crippen LogP contribution in [0.2, 0.25) is 0 Å². The van der Waals surface area contributed by atoms with Gasteiger partial charge in [0.25, 0.3) is 0 Å². The lowest BCUT2D eigenvalue weighted by molar-refractivity contribution is 0.0410. The van der Waals surface area contributed by atoms with Crippen LogP contribution in [0.15, 0.2) is 24.3 Å².